The summed E-state index contributed by atoms with van der Waals surface area (Å²) in [4.78, 5) is 0. The molecule has 0 saturated heterocycles. The average Bonchev–Trinajstić information content (AvgIpc) is 2.11. The minimum Gasteiger partial charge on any atom is -0.275 e. The lowest BCUT2D eigenvalue weighted by atomic mass is 10.3. The Morgan fingerprint density at radius 1 is 1.70 bits per heavy atom. The van der Waals surface area contributed by atoms with E-state index in [-0.39, 0.29) is 5.69 Å². The average molecular weight is 258 g/mol. The first kappa shape index (κ1) is 7.90. The summed E-state index contributed by atoms with van der Waals surface area (Å²) in [5.41, 5.74) is -0.117. The predicted molar refractivity (Wildman–Crippen MR) is 40.9 cm³/mol. The molecule has 0 unspecified atom stereocenters. The lowest BCUT2D eigenvalue weighted by Crippen LogP contribution is -2.09. The number of halogens is 3. The normalized spacial score (nSPS) is 12.0. The van der Waals surface area contributed by atoms with E-state index in [1.165, 1.54) is 6.20 Å². The molecule has 0 radical (unpaired) electrons. The fourth-order valence-electron chi connectivity index (χ4n) is 0.579. The molecule has 56 valence electrons. The number of rotatable bonds is 1. The Kier molecular flexibility index (Phi) is 1.93. The van der Waals surface area contributed by atoms with Crippen LogP contribution in [0, 0.1) is 3.57 Å². The second kappa shape index (κ2) is 2.44. The summed E-state index contributed by atoms with van der Waals surface area (Å²) < 4.78 is 25.4. The van der Waals surface area contributed by atoms with E-state index in [4.69, 9.17) is 0 Å². The number of H-pyrrole nitrogens is 1. The predicted octanol–water partition coefficient (Wildman–Crippen LogP) is 2.13. The molecule has 0 saturated carbocycles. The van der Waals surface area contributed by atoms with Gasteiger partial charge in [0, 0.05) is 6.92 Å². The van der Waals surface area contributed by atoms with Crippen LogP contribution in [0.2, 0.25) is 0 Å². The van der Waals surface area contributed by atoms with E-state index in [0.29, 0.717) is 3.57 Å². The first-order valence-electron chi connectivity index (χ1n) is 2.59. The van der Waals surface area contributed by atoms with Crippen molar-refractivity contribution in [3.05, 3.63) is 15.5 Å². The zero-order valence-electron chi connectivity index (χ0n) is 5.16. The summed E-state index contributed by atoms with van der Waals surface area (Å²) in [7, 11) is 0. The first-order valence-corrected chi connectivity index (χ1v) is 3.67. The lowest BCUT2D eigenvalue weighted by molar-refractivity contribution is 0.0118. The quantitative estimate of drug-likeness (QED) is 0.768. The van der Waals surface area contributed by atoms with Gasteiger partial charge in [-0.25, -0.2) is 0 Å². The lowest BCUT2D eigenvalue weighted by Gasteiger charge is -2.06. The summed E-state index contributed by atoms with van der Waals surface area (Å²) in [6.07, 6.45) is 1.37. The molecule has 1 N–H and O–H groups in total. The molecule has 0 atom stereocenters. The van der Waals surface area contributed by atoms with Crippen LogP contribution in [0.5, 0.6) is 0 Å². The third-order valence-corrected chi connectivity index (χ3v) is 1.85. The van der Waals surface area contributed by atoms with E-state index in [1.54, 1.807) is 0 Å². The van der Waals surface area contributed by atoms with E-state index >= 15 is 0 Å². The Morgan fingerprint density at radius 3 is 2.50 bits per heavy atom. The van der Waals surface area contributed by atoms with Crippen molar-refractivity contribution in [2.45, 2.75) is 12.8 Å². The number of hydrogen-bond donors (Lipinski definition) is 1. The second-order valence-corrected chi connectivity index (χ2v) is 3.14. The molecule has 1 heterocycles. The van der Waals surface area contributed by atoms with Crippen LogP contribution in [0.15, 0.2) is 6.20 Å². The standard InChI is InChI=1S/C5H5F2IN2/c1-5(6,7)4-3(8)2-9-10-4/h2H,1H3,(H,9,10). The molecule has 0 aliphatic heterocycles. The van der Waals surface area contributed by atoms with Gasteiger partial charge in [-0.2, -0.15) is 13.9 Å². The highest BCUT2D eigenvalue weighted by Crippen LogP contribution is 2.28. The topological polar surface area (TPSA) is 28.7 Å². The van der Waals surface area contributed by atoms with Gasteiger partial charge in [-0.15, -0.1) is 0 Å². The Morgan fingerprint density at radius 2 is 2.30 bits per heavy atom. The second-order valence-electron chi connectivity index (χ2n) is 1.98. The maximum atomic E-state index is 12.5. The van der Waals surface area contributed by atoms with Crippen LogP contribution < -0.4 is 0 Å². The summed E-state index contributed by atoms with van der Waals surface area (Å²) >= 11 is 1.81. The van der Waals surface area contributed by atoms with Gasteiger partial charge in [-0.3, -0.25) is 5.10 Å². The molecule has 0 spiro atoms. The Balaban J connectivity index is 3.05. The van der Waals surface area contributed by atoms with Crippen molar-refractivity contribution in [3.63, 3.8) is 0 Å². The molecule has 1 rings (SSSR count). The minimum atomic E-state index is -2.81. The number of aromatic nitrogens is 2. The van der Waals surface area contributed by atoms with Crippen LogP contribution in [-0.2, 0) is 5.92 Å². The van der Waals surface area contributed by atoms with Crippen molar-refractivity contribution in [3.8, 4) is 0 Å². The molecular weight excluding hydrogens is 253 g/mol. The van der Waals surface area contributed by atoms with Gasteiger partial charge in [0.15, 0.2) is 0 Å². The van der Waals surface area contributed by atoms with Crippen LogP contribution in [0.3, 0.4) is 0 Å². The molecule has 0 bridgehead atoms. The van der Waals surface area contributed by atoms with Crippen LogP contribution in [0.1, 0.15) is 12.6 Å². The zero-order valence-corrected chi connectivity index (χ0v) is 7.32. The third kappa shape index (κ3) is 1.44. The molecule has 0 aliphatic rings. The van der Waals surface area contributed by atoms with E-state index < -0.39 is 5.92 Å². The number of alkyl halides is 2. The van der Waals surface area contributed by atoms with E-state index in [0.717, 1.165) is 6.92 Å². The largest absolute Gasteiger partial charge is 0.287 e. The molecule has 0 aromatic carbocycles. The minimum absolute atomic E-state index is 0.117. The van der Waals surface area contributed by atoms with Gasteiger partial charge >= 0.3 is 0 Å². The van der Waals surface area contributed by atoms with Crippen molar-refractivity contribution < 1.29 is 8.78 Å². The molecule has 0 fully saturated rings. The van der Waals surface area contributed by atoms with Gasteiger partial charge in [0.05, 0.1) is 9.77 Å². The van der Waals surface area contributed by atoms with Gasteiger partial charge in [0.2, 0.25) is 0 Å². The van der Waals surface area contributed by atoms with Crippen molar-refractivity contribution in [1.82, 2.24) is 10.2 Å². The zero-order chi connectivity index (χ0) is 7.78. The molecule has 2 nitrogen and oxygen atoms in total. The smallest absolute Gasteiger partial charge is 0.275 e. The molecule has 0 aliphatic carbocycles. The third-order valence-electron chi connectivity index (χ3n) is 1.03. The highest BCUT2D eigenvalue weighted by Gasteiger charge is 2.28. The number of nitrogens with one attached hydrogen (secondary N) is 1. The van der Waals surface area contributed by atoms with Gasteiger partial charge in [-0.1, -0.05) is 0 Å². The summed E-state index contributed by atoms with van der Waals surface area (Å²) in [5.74, 6) is -2.81. The SMILES string of the molecule is CC(F)(F)c1[nH]ncc1I. The Bertz CT molecular complexity index is 228. The fourth-order valence-corrected chi connectivity index (χ4v) is 1.31. The van der Waals surface area contributed by atoms with Crippen LogP contribution in [0.25, 0.3) is 0 Å². The van der Waals surface area contributed by atoms with Gasteiger partial charge < -0.3 is 0 Å². The highest BCUT2D eigenvalue weighted by molar-refractivity contribution is 14.1. The van der Waals surface area contributed by atoms with Crippen LogP contribution in [-0.4, -0.2) is 10.2 Å². The fraction of sp³-hybridized carbons (Fsp3) is 0.400. The van der Waals surface area contributed by atoms with Crippen LogP contribution in [0.4, 0.5) is 8.78 Å². The molecule has 1 aromatic rings. The molecule has 5 heteroatoms. The Labute approximate surface area is 70.2 Å². The van der Waals surface area contributed by atoms with E-state index in [9.17, 15) is 8.78 Å². The van der Waals surface area contributed by atoms with Gasteiger partial charge in [-0.05, 0) is 22.6 Å². The van der Waals surface area contributed by atoms with Crippen LogP contribution >= 0.6 is 22.6 Å². The summed E-state index contributed by atoms with van der Waals surface area (Å²) in [6.45, 7) is 0.836. The molecule has 10 heavy (non-hydrogen) atoms. The van der Waals surface area contributed by atoms with Gasteiger partial charge in [0.25, 0.3) is 5.92 Å². The van der Waals surface area contributed by atoms with E-state index in [1.807, 2.05) is 22.6 Å². The number of hydrogen-bond acceptors (Lipinski definition) is 1. The highest BCUT2D eigenvalue weighted by atomic mass is 127. The van der Waals surface area contributed by atoms with Crippen molar-refractivity contribution in [2.75, 3.05) is 0 Å². The van der Waals surface area contributed by atoms with Crippen molar-refractivity contribution >= 4 is 22.6 Å². The number of aromatic amines is 1. The number of nitrogens with zero attached hydrogens (tertiary/aromatic N) is 1. The Hall–Kier alpha value is -0.200. The van der Waals surface area contributed by atoms with Crippen molar-refractivity contribution in [1.29, 1.82) is 0 Å². The monoisotopic (exact) mass is 258 g/mol. The maximum absolute atomic E-state index is 12.5. The summed E-state index contributed by atoms with van der Waals surface area (Å²) in [6, 6.07) is 0. The van der Waals surface area contributed by atoms with Crippen molar-refractivity contribution in [2.24, 2.45) is 0 Å². The first-order chi connectivity index (χ1) is 4.52. The summed E-state index contributed by atoms with van der Waals surface area (Å²) in [5, 5.41) is 5.71. The molecule has 1 aromatic heterocycles. The van der Waals surface area contributed by atoms with E-state index in [2.05, 4.69) is 10.2 Å². The molecule has 0 amide bonds. The van der Waals surface area contributed by atoms with Gasteiger partial charge in [0.1, 0.15) is 5.69 Å². The maximum Gasteiger partial charge on any atom is 0.287 e. The molecular formula is C5H5F2IN2.